The molecule has 0 saturated carbocycles. The summed E-state index contributed by atoms with van der Waals surface area (Å²) in [7, 11) is 1.36. The first-order chi connectivity index (χ1) is 11.6. The Morgan fingerprint density at radius 2 is 1.25 bits per heavy atom. The highest BCUT2D eigenvalue weighted by Gasteiger charge is 2.13. The molecule has 0 N–H and O–H groups in total. The van der Waals surface area contributed by atoms with E-state index in [1.165, 1.54) is 7.11 Å². The van der Waals surface area contributed by atoms with Crippen molar-refractivity contribution < 1.29 is 9.53 Å². The molecule has 24 heavy (non-hydrogen) atoms. The number of methoxy groups -OCH3 is 1. The van der Waals surface area contributed by atoms with Gasteiger partial charge in [-0.3, -0.25) is 0 Å². The molecule has 0 aliphatic heterocycles. The molecule has 2 nitrogen and oxygen atoms in total. The topological polar surface area (TPSA) is 26.3 Å². The lowest BCUT2D eigenvalue weighted by Gasteiger charge is -2.11. The van der Waals surface area contributed by atoms with Gasteiger partial charge in [0.25, 0.3) is 0 Å². The Kier molecular flexibility index (Phi) is 4.89. The van der Waals surface area contributed by atoms with E-state index in [2.05, 4.69) is 0 Å². The van der Waals surface area contributed by atoms with Gasteiger partial charge in [0.1, 0.15) is 0 Å². The number of halogens is 2. The molecule has 0 aliphatic carbocycles. The molecule has 3 aromatic carbocycles. The van der Waals surface area contributed by atoms with Crippen molar-refractivity contribution in [3.05, 3.63) is 82.3 Å². The second-order valence-electron chi connectivity index (χ2n) is 5.25. The fraction of sp³-hybridized carbons (Fsp3) is 0.0500. The van der Waals surface area contributed by atoms with E-state index in [0.717, 1.165) is 22.3 Å². The van der Waals surface area contributed by atoms with Crippen LogP contribution >= 0.6 is 23.2 Å². The lowest BCUT2D eigenvalue weighted by Crippen LogP contribution is -2.02. The summed E-state index contributed by atoms with van der Waals surface area (Å²) < 4.78 is 4.87. The van der Waals surface area contributed by atoms with E-state index in [1.54, 1.807) is 12.1 Å². The molecule has 120 valence electrons. The predicted molar refractivity (Wildman–Crippen MR) is 98.7 cm³/mol. The van der Waals surface area contributed by atoms with Gasteiger partial charge in [0.15, 0.2) is 0 Å². The number of rotatable bonds is 3. The second kappa shape index (κ2) is 7.08. The van der Waals surface area contributed by atoms with E-state index >= 15 is 0 Å². The maximum absolute atomic E-state index is 12.1. The smallest absolute Gasteiger partial charge is 0.337 e. The van der Waals surface area contributed by atoms with E-state index in [0.29, 0.717) is 15.6 Å². The van der Waals surface area contributed by atoms with Gasteiger partial charge in [-0.2, -0.15) is 0 Å². The molecule has 0 fully saturated rings. The summed E-state index contributed by atoms with van der Waals surface area (Å²) in [6, 6.07) is 20.5. The van der Waals surface area contributed by atoms with Crippen LogP contribution in [0.15, 0.2) is 66.7 Å². The van der Waals surface area contributed by atoms with Gasteiger partial charge in [-0.25, -0.2) is 4.79 Å². The molecule has 0 unspecified atom stereocenters. The number of carbonyl (C=O) groups is 1. The van der Waals surface area contributed by atoms with Crippen molar-refractivity contribution in [2.24, 2.45) is 0 Å². The Labute approximate surface area is 150 Å². The molecule has 3 aromatic rings. The summed E-state index contributed by atoms with van der Waals surface area (Å²) in [4.78, 5) is 12.1. The van der Waals surface area contributed by atoms with Crippen molar-refractivity contribution in [3.63, 3.8) is 0 Å². The minimum atomic E-state index is -0.405. The van der Waals surface area contributed by atoms with E-state index in [4.69, 9.17) is 27.9 Å². The quantitative estimate of drug-likeness (QED) is 0.528. The monoisotopic (exact) mass is 356 g/mol. The number of carbonyl (C=O) groups excluding carboxylic acids is 1. The average molecular weight is 357 g/mol. The molecule has 0 atom stereocenters. The maximum atomic E-state index is 12.1. The molecule has 0 amide bonds. The van der Waals surface area contributed by atoms with Crippen molar-refractivity contribution in [1.29, 1.82) is 0 Å². The second-order valence-corrected chi connectivity index (χ2v) is 6.06. The molecular formula is C20H14Cl2O2. The van der Waals surface area contributed by atoms with Gasteiger partial charge in [-0.05, 0) is 41.5 Å². The Morgan fingerprint density at radius 1 is 0.792 bits per heavy atom. The SMILES string of the molecule is COC(=O)c1cc(-c2ccccc2Cl)cc(-c2ccccc2Cl)c1. The minimum Gasteiger partial charge on any atom is -0.465 e. The van der Waals surface area contributed by atoms with Gasteiger partial charge in [-0.1, -0.05) is 59.6 Å². The van der Waals surface area contributed by atoms with Gasteiger partial charge >= 0.3 is 5.97 Å². The fourth-order valence-corrected chi connectivity index (χ4v) is 3.05. The van der Waals surface area contributed by atoms with Crippen molar-refractivity contribution in [3.8, 4) is 22.3 Å². The van der Waals surface area contributed by atoms with E-state index in [1.807, 2.05) is 54.6 Å². The number of ether oxygens (including phenoxy) is 1. The lowest BCUT2D eigenvalue weighted by molar-refractivity contribution is 0.0601. The van der Waals surface area contributed by atoms with Gasteiger partial charge in [-0.15, -0.1) is 0 Å². The van der Waals surface area contributed by atoms with Crippen molar-refractivity contribution in [2.75, 3.05) is 7.11 Å². The largest absolute Gasteiger partial charge is 0.465 e. The molecule has 0 heterocycles. The van der Waals surface area contributed by atoms with Crippen LogP contribution in [0.4, 0.5) is 0 Å². The standard InChI is InChI=1S/C20H14Cl2O2/c1-24-20(23)15-11-13(16-6-2-4-8-18(16)21)10-14(12-15)17-7-3-5-9-19(17)22/h2-12H,1H3. The fourth-order valence-electron chi connectivity index (χ4n) is 2.56. The van der Waals surface area contributed by atoms with Crippen LogP contribution in [0, 0.1) is 0 Å². The van der Waals surface area contributed by atoms with Gasteiger partial charge < -0.3 is 4.74 Å². The number of hydrogen-bond donors (Lipinski definition) is 0. The zero-order valence-corrected chi connectivity index (χ0v) is 14.4. The van der Waals surface area contributed by atoms with Crippen molar-refractivity contribution >= 4 is 29.2 Å². The minimum absolute atomic E-state index is 0.405. The summed E-state index contributed by atoms with van der Waals surface area (Å²) in [6.45, 7) is 0. The van der Waals surface area contributed by atoms with Gasteiger partial charge in [0, 0.05) is 21.2 Å². The predicted octanol–water partition coefficient (Wildman–Crippen LogP) is 6.11. The highest BCUT2D eigenvalue weighted by Crippen LogP contribution is 2.34. The molecule has 4 heteroatoms. The van der Waals surface area contributed by atoms with E-state index in [9.17, 15) is 4.79 Å². The lowest BCUT2D eigenvalue weighted by atomic mass is 9.96. The maximum Gasteiger partial charge on any atom is 0.337 e. The molecule has 0 bridgehead atoms. The molecule has 3 rings (SSSR count). The van der Waals surface area contributed by atoms with E-state index in [-0.39, 0.29) is 0 Å². The van der Waals surface area contributed by atoms with Crippen molar-refractivity contribution in [1.82, 2.24) is 0 Å². The van der Waals surface area contributed by atoms with Crippen LogP contribution in [-0.4, -0.2) is 13.1 Å². The first-order valence-electron chi connectivity index (χ1n) is 7.33. The highest BCUT2D eigenvalue weighted by molar-refractivity contribution is 6.34. The van der Waals surface area contributed by atoms with Crippen LogP contribution in [0.25, 0.3) is 22.3 Å². The zero-order chi connectivity index (χ0) is 17.1. The summed E-state index contributed by atoms with van der Waals surface area (Å²) in [5, 5.41) is 1.23. The zero-order valence-electron chi connectivity index (χ0n) is 12.9. The number of esters is 1. The van der Waals surface area contributed by atoms with Crippen LogP contribution in [0.1, 0.15) is 10.4 Å². The summed E-state index contributed by atoms with van der Waals surface area (Å²) in [5.74, 6) is -0.405. The van der Waals surface area contributed by atoms with E-state index < -0.39 is 5.97 Å². The first kappa shape index (κ1) is 16.6. The van der Waals surface area contributed by atoms with Crippen molar-refractivity contribution in [2.45, 2.75) is 0 Å². The van der Waals surface area contributed by atoms with Gasteiger partial charge in [0.2, 0.25) is 0 Å². The Hall–Kier alpha value is -2.29. The Balaban J connectivity index is 2.24. The summed E-state index contributed by atoms with van der Waals surface area (Å²) >= 11 is 12.6. The third-order valence-electron chi connectivity index (χ3n) is 3.72. The Bertz CT molecular complexity index is 840. The van der Waals surface area contributed by atoms with Crippen LogP contribution < -0.4 is 0 Å². The molecular weight excluding hydrogens is 343 g/mol. The molecule has 0 aromatic heterocycles. The number of hydrogen-bond acceptors (Lipinski definition) is 2. The molecule has 0 aliphatic rings. The average Bonchev–Trinajstić information content (AvgIpc) is 2.61. The normalized spacial score (nSPS) is 10.5. The van der Waals surface area contributed by atoms with Crippen LogP contribution in [0.3, 0.4) is 0 Å². The first-order valence-corrected chi connectivity index (χ1v) is 8.09. The van der Waals surface area contributed by atoms with Crippen LogP contribution in [0.5, 0.6) is 0 Å². The third kappa shape index (κ3) is 3.30. The summed E-state index contributed by atoms with van der Waals surface area (Å²) in [6.07, 6.45) is 0. The van der Waals surface area contributed by atoms with Gasteiger partial charge in [0.05, 0.1) is 12.7 Å². The molecule has 0 spiro atoms. The van der Waals surface area contributed by atoms with Crippen LogP contribution in [0.2, 0.25) is 10.0 Å². The molecule has 0 saturated heterocycles. The molecule has 0 radical (unpaired) electrons. The summed E-state index contributed by atoms with van der Waals surface area (Å²) in [5.41, 5.74) is 3.80. The number of benzene rings is 3. The third-order valence-corrected chi connectivity index (χ3v) is 4.38. The highest BCUT2D eigenvalue weighted by atomic mass is 35.5. The Morgan fingerprint density at radius 3 is 1.67 bits per heavy atom. The van der Waals surface area contributed by atoms with Crippen LogP contribution in [-0.2, 0) is 4.74 Å².